The van der Waals surface area contributed by atoms with E-state index in [9.17, 15) is 18.8 Å². The summed E-state index contributed by atoms with van der Waals surface area (Å²) in [5.74, 6) is -2.07. The molecule has 0 aliphatic carbocycles. The molecule has 0 spiro atoms. The molecule has 0 saturated heterocycles. The summed E-state index contributed by atoms with van der Waals surface area (Å²) in [6.45, 7) is 4.20. The maximum atomic E-state index is 13.7. The van der Waals surface area contributed by atoms with Gasteiger partial charge in [-0.15, -0.1) is 0 Å². The Morgan fingerprint density at radius 1 is 1.00 bits per heavy atom. The molecule has 0 unspecified atom stereocenters. The van der Waals surface area contributed by atoms with Gasteiger partial charge in [0.2, 0.25) is 0 Å². The maximum absolute atomic E-state index is 13.7. The summed E-state index contributed by atoms with van der Waals surface area (Å²) >= 11 is 0. The van der Waals surface area contributed by atoms with Crippen LogP contribution in [0.4, 0.5) is 4.39 Å². The van der Waals surface area contributed by atoms with E-state index in [0.717, 1.165) is 6.07 Å². The maximum Gasteiger partial charge on any atom is 0.290 e. The fraction of sp³-hybridized carbons (Fsp3) is 0.200. The van der Waals surface area contributed by atoms with E-state index in [1.807, 2.05) is 13.8 Å². The van der Waals surface area contributed by atoms with Crippen LogP contribution in [0.1, 0.15) is 34.7 Å². The van der Waals surface area contributed by atoms with Crippen molar-refractivity contribution in [2.75, 3.05) is 0 Å². The number of nitrogens with zero attached hydrogens (tertiary/aromatic N) is 2. The number of fused-ring (bicyclic) bond motifs is 1. The Morgan fingerprint density at radius 2 is 1.61 bits per heavy atom. The van der Waals surface area contributed by atoms with Gasteiger partial charge in [-0.25, -0.2) is 9.07 Å². The molecule has 144 valence electrons. The van der Waals surface area contributed by atoms with E-state index in [-0.39, 0.29) is 22.7 Å². The second kappa shape index (κ2) is 7.99. The Hall–Kier alpha value is -3.55. The van der Waals surface area contributed by atoms with Gasteiger partial charge in [-0.3, -0.25) is 25.2 Å². The molecule has 0 atom stereocenters. The molecule has 2 amide bonds. The number of aromatic nitrogens is 2. The highest BCUT2D eigenvalue weighted by Crippen LogP contribution is 2.13. The lowest BCUT2D eigenvalue weighted by atomic mass is 10.1. The Labute approximate surface area is 160 Å². The van der Waals surface area contributed by atoms with Crippen LogP contribution in [0.5, 0.6) is 0 Å². The van der Waals surface area contributed by atoms with Gasteiger partial charge in [0.15, 0.2) is 5.69 Å². The third-order valence-corrected chi connectivity index (χ3v) is 4.03. The Kier molecular flexibility index (Phi) is 5.49. The van der Waals surface area contributed by atoms with Gasteiger partial charge < -0.3 is 0 Å². The van der Waals surface area contributed by atoms with Crippen molar-refractivity contribution in [3.05, 3.63) is 76.0 Å². The zero-order chi connectivity index (χ0) is 20.3. The highest BCUT2D eigenvalue weighted by molar-refractivity contribution is 6.06. The number of hydrogen-bond acceptors (Lipinski definition) is 4. The molecule has 28 heavy (non-hydrogen) atoms. The average Bonchev–Trinajstić information content (AvgIpc) is 2.68. The number of hydrazine groups is 1. The molecule has 0 fully saturated rings. The summed E-state index contributed by atoms with van der Waals surface area (Å²) in [7, 11) is 0. The fourth-order valence-electron chi connectivity index (χ4n) is 2.76. The standard InChI is InChI=1S/C20H19FN4O3/c1-12(2)11-25-20(28)14-8-4-3-7-13(14)17(24-25)19(27)23-22-18(26)15-9-5-6-10-16(15)21/h3-10,12H,11H2,1-2H3,(H,22,26)(H,23,27). The van der Waals surface area contributed by atoms with E-state index in [2.05, 4.69) is 16.0 Å². The molecule has 0 bridgehead atoms. The van der Waals surface area contributed by atoms with Crippen LogP contribution in [0.2, 0.25) is 0 Å². The van der Waals surface area contributed by atoms with Crippen LogP contribution in [-0.4, -0.2) is 21.6 Å². The molecule has 3 aromatic rings. The van der Waals surface area contributed by atoms with Crippen LogP contribution < -0.4 is 16.4 Å². The van der Waals surface area contributed by atoms with Crippen LogP contribution in [-0.2, 0) is 6.54 Å². The first-order chi connectivity index (χ1) is 13.4. The van der Waals surface area contributed by atoms with Crippen molar-refractivity contribution in [1.29, 1.82) is 0 Å². The number of nitrogens with one attached hydrogen (secondary N) is 2. The third-order valence-electron chi connectivity index (χ3n) is 4.03. The molecule has 0 aliphatic heterocycles. The van der Waals surface area contributed by atoms with Crippen molar-refractivity contribution in [3.8, 4) is 0 Å². The lowest BCUT2D eigenvalue weighted by molar-refractivity contribution is 0.0841. The summed E-state index contributed by atoms with van der Waals surface area (Å²) in [6, 6.07) is 12.0. The summed E-state index contributed by atoms with van der Waals surface area (Å²) in [5, 5.41) is 4.89. The number of halogens is 1. The quantitative estimate of drug-likeness (QED) is 0.677. The van der Waals surface area contributed by atoms with Crippen molar-refractivity contribution < 1.29 is 14.0 Å². The molecule has 1 heterocycles. The first-order valence-corrected chi connectivity index (χ1v) is 8.73. The molecular formula is C20H19FN4O3. The van der Waals surface area contributed by atoms with E-state index in [4.69, 9.17) is 0 Å². The fourth-order valence-corrected chi connectivity index (χ4v) is 2.76. The SMILES string of the molecule is CC(C)Cn1nc(C(=O)NNC(=O)c2ccccc2F)c2ccccc2c1=O. The van der Waals surface area contributed by atoms with Crippen molar-refractivity contribution in [2.45, 2.75) is 20.4 Å². The van der Waals surface area contributed by atoms with E-state index in [0.29, 0.717) is 17.3 Å². The zero-order valence-corrected chi connectivity index (χ0v) is 15.4. The minimum Gasteiger partial charge on any atom is -0.267 e. The number of rotatable bonds is 4. The molecular weight excluding hydrogens is 363 g/mol. The van der Waals surface area contributed by atoms with Gasteiger partial charge >= 0.3 is 0 Å². The zero-order valence-electron chi connectivity index (χ0n) is 15.4. The lowest BCUT2D eigenvalue weighted by Crippen LogP contribution is -2.43. The minimum atomic E-state index is -0.800. The Bertz CT molecular complexity index is 1110. The number of benzene rings is 2. The Balaban J connectivity index is 1.91. The van der Waals surface area contributed by atoms with Crippen molar-refractivity contribution >= 4 is 22.6 Å². The molecule has 1 aromatic heterocycles. The smallest absolute Gasteiger partial charge is 0.267 e. The number of hydrogen-bond donors (Lipinski definition) is 2. The average molecular weight is 382 g/mol. The highest BCUT2D eigenvalue weighted by Gasteiger charge is 2.18. The van der Waals surface area contributed by atoms with Crippen molar-refractivity contribution in [1.82, 2.24) is 20.6 Å². The van der Waals surface area contributed by atoms with Gasteiger partial charge in [0.25, 0.3) is 17.4 Å². The predicted molar refractivity (Wildman–Crippen MR) is 102 cm³/mol. The summed E-state index contributed by atoms with van der Waals surface area (Å²) < 4.78 is 14.9. The number of carbonyl (C=O) groups excluding carboxylic acids is 2. The Morgan fingerprint density at radius 3 is 2.29 bits per heavy atom. The molecule has 8 heteroatoms. The summed E-state index contributed by atoms with van der Waals surface area (Å²) in [6.07, 6.45) is 0. The topological polar surface area (TPSA) is 93.1 Å². The minimum absolute atomic E-state index is 0.00955. The first kappa shape index (κ1) is 19.2. The van der Waals surface area contributed by atoms with E-state index in [1.165, 1.54) is 22.9 Å². The number of carbonyl (C=O) groups is 2. The molecule has 7 nitrogen and oxygen atoms in total. The van der Waals surface area contributed by atoms with Gasteiger partial charge in [0, 0.05) is 11.9 Å². The molecule has 2 aromatic carbocycles. The van der Waals surface area contributed by atoms with Gasteiger partial charge in [0.05, 0.1) is 10.9 Å². The monoisotopic (exact) mass is 382 g/mol. The summed E-state index contributed by atoms with van der Waals surface area (Å²) in [5.41, 5.74) is 3.90. The van der Waals surface area contributed by atoms with E-state index >= 15 is 0 Å². The molecule has 0 radical (unpaired) electrons. The normalized spacial score (nSPS) is 10.9. The van der Waals surface area contributed by atoms with Crippen LogP contribution in [0.25, 0.3) is 10.8 Å². The van der Waals surface area contributed by atoms with E-state index in [1.54, 1.807) is 24.3 Å². The van der Waals surface area contributed by atoms with Gasteiger partial charge in [-0.1, -0.05) is 44.2 Å². The summed E-state index contributed by atoms with van der Waals surface area (Å²) in [4.78, 5) is 37.3. The van der Waals surface area contributed by atoms with Crippen LogP contribution in [0, 0.1) is 11.7 Å². The first-order valence-electron chi connectivity index (χ1n) is 8.73. The largest absolute Gasteiger partial charge is 0.290 e. The number of amides is 2. The molecule has 0 saturated carbocycles. The lowest BCUT2D eigenvalue weighted by Gasteiger charge is -2.13. The van der Waals surface area contributed by atoms with Gasteiger partial charge in [-0.2, -0.15) is 5.10 Å². The van der Waals surface area contributed by atoms with Crippen LogP contribution in [0.15, 0.2) is 53.3 Å². The molecule has 2 N–H and O–H groups in total. The van der Waals surface area contributed by atoms with Crippen molar-refractivity contribution in [3.63, 3.8) is 0 Å². The van der Waals surface area contributed by atoms with Crippen LogP contribution in [0.3, 0.4) is 0 Å². The molecule has 3 rings (SSSR count). The highest BCUT2D eigenvalue weighted by atomic mass is 19.1. The van der Waals surface area contributed by atoms with Gasteiger partial charge in [-0.05, 0) is 24.1 Å². The predicted octanol–water partition coefficient (Wildman–Crippen LogP) is 2.27. The van der Waals surface area contributed by atoms with Crippen LogP contribution >= 0.6 is 0 Å². The second-order valence-electron chi connectivity index (χ2n) is 6.66. The second-order valence-corrected chi connectivity index (χ2v) is 6.66. The third kappa shape index (κ3) is 3.90. The van der Waals surface area contributed by atoms with E-state index < -0.39 is 17.6 Å². The van der Waals surface area contributed by atoms with Crippen molar-refractivity contribution in [2.24, 2.45) is 5.92 Å². The van der Waals surface area contributed by atoms with Gasteiger partial charge in [0.1, 0.15) is 5.82 Å². The molecule has 0 aliphatic rings.